The number of rotatable bonds is 8. The maximum atomic E-state index is 12.1. The van der Waals surface area contributed by atoms with Gasteiger partial charge < -0.3 is 14.8 Å². The van der Waals surface area contributed by atoms with Gasteiger partial charge in [-0.15, -0.1) is 10.2 Å². The third-order valence-corrected chi connectivity index (χ3v) is 5.77. The predicted octanol–water partition coefficient (Wildman–Crippen LogP) is 1.43. The lowest BCUT2D eigenvalue weighted by Crippen LogP contribution is -2.55. The number of amides is 2. The first-order chi connectivity index (χ1) is 12.4. The summed E-state index contributed by atoms with van der Waals surface area (Å²) in [6, 6.07) is 0. The Hall–Kier alpha value is -1.43. The lowest BCUT2D eigenvalue weighted by atomic mass is 10.0. The predicted molar refractivity (Wildman–Crippen MR) is 101 cm³/mol. The van der Waals surface area contributed by atoms with Crippen LogP contribution in [-0.2, 0) is 14.3 Å². The van der Waals surface area contributed by atoms with Gasteiger partial charge in [-0.1, -0.05) is 23.1 Å². The fourth-order valence-electron chi connectivity index (χ4n) is 2.35. The fourth-order valence-corrected chi connectivity index (χ4v) is 3.91. The van der Waals surface area contributed by atoms with E-state index >= 15 is 0 Å². The molecule has 0 saturated carbocycles. The summed E-state index contributed by atoms with van der Waals surface area (Å²) in [4.78, 5) is 25.7. The van der Waals surface area contributed by atoms with Gasteiger partial charge in [0.05, 0.1) is 25.6 Å². The Balaban J connectivity index is 1.71. The highest BCUT2D eigenvalue weighted by atomic mass is 32.2. The smallest absolute Gasteiger partial charge is 0.413 e. The van der Waals surface area contributed by atoms with Crippen LogP contribution in [0.4, 0.5) is 9.93 Å². The molecule has 2 rings (SSSR count). The Kier molecular flexibility index (Phi) is 8.07. The number of nitrogens with one attached hydrogen (secondary N) is 2. The van der Waals surface area contributed by atoms with E-state index in [1.54, 1.807) is 6.92 Å². The molecular weight excluding hydrogens is 378 g/mol. The van der Waals surface area contributed by atoms with E-state index in [1.165, 1.54) is 23.1 Å². The highest BCUT2D eigenvalue weighted by Gasteiger charge is 2.28. The van der Waals surface area contributed by atoms with Crippen LogP contribution in [0.2, 0.25) is 0 Å². The number of hydrogen-bond acceptors (Lipinski definition) is 9. The first kappa shape index (κ1) is 20.9. The molecule has 2 amide bonds. The summed E-state index contributed by atoms with van der Waals surface area (Å²) in [6.45, 7) is 10.0. The van der Waals surface area contributed by atoms with Gasteiger partial charge in [0.15, 0.2) is 4.34 Å². The second-order valence-electron chi connectivity index (χ2n) is 6.20. The summed E-state index contributed by atoms with van der Waals surface area (Å²) < 4.78 is 10.8. The van der Waals surface area contributed by atoms with Crippen LogP contribution in [0.5, 0.6) is 0 Å². The summed E-state index contributed by atoms with van der Waals surface area (Å²) in [6.07, 6.45) is -0.566. The Morgan fingerprint density at radius 1 is 1.35 bits per heavy atom. The number of nitrogens with zero attached hydrogens (tertiary/aromatic N) is 3. The van der Waals surface area contributed by atoms with Gasteiger partial charge in [0.25, 0.3) is 0 Å². The molecule has 0 atom stereocenters. The zero-order chi connectivity index (χ0) is 19.0. The number of ether oxygens (including phenoxy) is 2. The minimum atomic E-state index is -0.566. The average molecular weight is 404 g/mol. The first-order valence-electron chi connectivity index (χ1n) is 8.40. The first-order valence-corrected chi connectivity index (χ1v) is 10.2. The fraction of sp³-hybridized carbons (Fsp3) is 0.733. The van der Waals surface area contributed by atoms with Crippen LogP contribution < -0.4 is 10.6 Å². The molecule has 2 heterocycles. The van der Waals surface area contributed by atoms with Gasteiger partial charge in [0, 0.05) is 25.2 Å². The molecule has 0 spiro atoms. The van der Waals surface area contributed by atoms with Crippen molar-refractivity contribution < 1.29 is 19.1 Å². The van der Waals surface area contributed by atoms with Crippen molar-refractivity contribution in [2.24, 2.45) is 0 Å². The molecule has 26 heavy (non-hydrogen) atoms. The molecule has 0 bridgehead atoms. The van der Waals surface area contributed by atoms with Crippen molar-refractivity contribution in [2.45, 2.75) is 30.6 Å². The molecule has 1 aromatic heterocycles. The molecular formula is C15H25N5O4S2. The van der Waals surface area contributed by atoms with E-state index in [1.807, 2.05) is 0 Å². The van der Waals surface area contributed by atoms with Crippen molar-refractivity contribution in [3.63, 3.8) is 0 Å². The average Bonchev–Trinajstić information content (AvgIpc) is 3.06. The number of morpholine rings is 1. The maximum absolute atomic E-state index is 12.1. The molecule has 1 aliphatic rings. The molecule has 0 aliphatic carbocycles. The third kappa shape index (κ3) is 6.71. The molecule has 0 unspecified atom stereocenters. The second-order valence-corrected chi connectivity index (χ2v) is 8.40. The van der Waals surface area contributed by atoms with Crippen LogP contribution in [0.25, 0.3) is 0 Å². The number of anilines is 1. The molecule has 2 N–H and O–H groups in total. The van der Waals surface area contributed by atoms with Crippen LogP contribution in [0, 0.1) is 0 Å². The Labute approximate surface area is 161 Å². The van der Waals surface area contributed by atoms with Gasteiger partial charge in [-0.2, -0.15) is 0 Å². The molecule has 1 aromatic rings. The zero-order valence-corrected chi connectivity index (χ0v) is 16.9. The van der Waals surface area contributed by atoms with Crippen LogP contribution in [-0.4, -0.2) is 77.8 Å². The van der Waals surface area contributed by atoms with E-state index in [-0.39, 0.29) is 23.8 Å². The van der Waals surface area contributed by atoms with Gasteiger partial charge in [-0.3, -0.25) is 15.0 Å². The summed E-state index contributed by atoms with van der Waals surface area (Å²) in [5.41, 5.74) is -0.121. The Morgan fingerprint density at radius 3 is 2.77 bits per heavy atom. The van der Waals surface area contributed by atoms with Crippen molar-refractivity contribution >= 4 is 40.2 Å². The quantitative estimate of drug-likeness (QED) is 0.496. The minimum Gasteiger partial charge on any atom is -0.450 e. The highest BCUT2D eigenvalue weighted by molar-refractivity contribution is 8.01. The van der Waals surface area contributed by atoms with Gasteiger partial charge in [0.1, 0.15) is 0 Å². The van der Waals surface area contributed by atoms with Crippen molar-refractivity contribution in [1.82, 2.24) is 20.4 Å². The van der Waals surface area contributed by atoms with Crippen molar-refractivity contribution in [3.8, 4) is 0 Å². The van der Waals surface area contributed by atoms with Crippen LogP contribution in [0.15, 0.2) is 4.34 Å². The lowest BCUT2D eigenvalue weighted by molar-refractivity contribution is -0.119. The second kappa shape index (κ2) is 10.0. The molecule has 1 fully saturated rings. The molecule has 0 radical (unpaired) electrons. The summed E-state index contributed by atoms with van der Waals surface area (Å²) in [7, 11) is 0. The summed E-state index contributed by atoms with van der Waals surface area (Å²) >= 11 is 2.49. The van der Waals surface area contributed by atoms with Gasteiger partial charge in [0.2, 0.25) is 11.0 Å². The van der Waals surface area contributed by atoms with E-state index in [0.29, 0.717) is 16.0 Å². The topological polar surface area (TPSA) is 106 Å². The van der Waals surface area contributed by atoms with E-state index in [0.717, 1.165) is 26.3 Å². The third-order valence-electron chi connectivity index (χ3n) is 3.80. The molecule has 146 valence electrons. The van der Waals surface area contributed by atoms with Gasteiger partial charge in [-0.05, 0) is 20.8 Å². The van der Waals surface area contributed by atoms with Crippen molar-refractivity contribution in [3.05, 3.63) is 0 Å². The number of aromatic nitrogens is 2. The van der Waals surface area contributed by atoms with E-state index < -0.39 is 6.09 Å². The molecule has 11 heteroatoms. The van der Waals surface area contributed by atoms with E-state index in [9.17, 15) is 9.59 Å². The zero-order valence-electron chi connectivity index (χ0n) is 15.2. The molecule has 1 aliphatic heterocycles. The van der Waals surface area contributed by atoms with Gasteiger partial charge >= 0.3 is 6.09 Å². The highest BCUT2D eigenvalue weighted by Crippen LogP contribution is 2.25. The largest absolute Gasteiger partial charge is 0.450 e. The number of hydrogen-bond donors (Lipinski definition) is 2. The Morgan fingerprint density at radius 2 is 2.08 bits per heavy atom. The summed E-state index contributed by atoms with van der Waals surface area (Å²) in [5, 5.41) is 13.6. The number of thioether (sulfide) groups is 1. The molecule has 9 nitrogen and oxygen atoms in total. The summed E-state index contributed by atoms with van der Waals surface area (Å²) in [5.74, 6) is 0.180. The SMILES string of the molecule is CCOC(=O)Nc1nnc(SCC(=O)NCC(C)(C)N2CCOCC2)s1. The van der Waals surface area contributed by atoms with E-state index in [2.05, 4.69) is 39.6 Å². The Bertz CT molecular complexity index is 605. The standard InChI is InChI=1S/C15H25N5O4S2/c1-4-24-13(22)17-12-18-19-14(26-12)25-9-11(21)16-10-15(2,3)20-5-7-23-8-6-20/h4-10H2,1-3H3,(H,16,21)(H,17,18,22). The lowest BCUT2D eigenvalue weighted by Gasteiger charge is -2.40. The normalized spacial score (nSPS) is 15.5. The van der Waals surface area contributed by atoms with Crippen LogP contribution in [0.3, 0.4) is 0 Å². The monoisotopic (exact) mass is 403 g/mol. The number of carbonyl (C=O) groups is 2. The maximum Gasteiger partial charge on any atom is 0.413 e. The van der Waals surface area contributed by atoms with Crippen LogP contribution >= 0.6 is 23.1 Å². The van der Waals surface area contributed by atoms with Crippen molar-refractivity contribution in [2.75, 3.05) is 50.5 Å². The molecule has 1 saturated heterocycles. The minimum absolute atomic E-state index is 0.0635. The number of carbonyl (C=O) groups excluding carboxylic acids is 2. The molecule has 0 aromatic carbocycles. The van der Waals surface area contributed by atoms with E-state index in [4.69, 9.17) is 9.47 Å². The van der Waals surface area contributed by atoms with Gasteiger partial charge in [-0.25, -0.2) is 4.79 Å². The van der Waals surface area contributed by atoms with Crippen LogP contribution in [0.1, 0.15) is 20.8 Å². The van der Waals surface area contributed by atoms with Crippen molar-refractivity contribution in [1.29, 1.82) is 0 Å².